The zero-order valence-corrected chi connectivity index (χ0v) is 20.9. The van der Waals surface area contributed by atoms with Gasteiger partial charge < -0.3 is 10.1 Å². The van der Waals surface area contributed by atoms with E-state index in [1.165, 1.54) is 16.4 Å². The number of amides is 1. The average molecular weight is 534 g/mol. The molecule has 2 aromatic carbocycles. The Kier molecular flexibility index (Phi) is 8.64. The van der Waals surface area contributed by atoms with Crippen molar-refractivity contribution >= 4 is 62.4 Å². The van der Waals surface area contributed by atoms with Crippen LogP contribution in [-0.2, 0) is 25.3 Å². The van der Waals surface area contributed by atoms with E-state index in [-0.39, 0.29) is 45.4 Å². The van der Waals surface area contributed by atoms with Gasteiger partial charge in [-0.1, -0.05) is 40.9 Å². The molecule has 1 atom stereocenters. The molecule has 1 aliphatic heterocycles. The first kappa shape index (κ1) is 25.8. The van der Waals surface area contributed by atoms with E-state index >= 15 is 0 Å². The summed E-state index contributed by atoms with van der Waals surface area (Å²) in [6, 6.07) is 9.30. The summed E-state index contributed by atoms with van der Waals surface area (Å²) in [7, 11) is -3.74. The molecule has 0 saturated carbocycles. The number of carbonyl (C=O) groups is 2. The van der Waals surface area contributed by atoms with Crippen molar-refractivity contribution in [1.82, 2.24) is 4.31 Å². The number of anilines is 1. The summed E-state index contributed by atoms with van der Waals surface area (Å²) in [5, 5.41) is 3.46. The van der Waals surface area contributed by atoms with Crippen LogP contribution < -0.4 is 5.32 Å². The summed E-state index contributed by atoms with van der Waals surface area (Å²) in [6.45, 7) is 2.27. The number of nitrogens with zero attached hydrogens (tertiary/aromatic N) is 1. The number of esters is 1. The first-order chi connectivity index (χ1) is 15.6. The smallest absolute Gasteiger partial charge is 0.339 e. The number of sulfonamides is 1. The van der Waals surface area contributed by atoms with Gasteiger partial charge in [-0.05, 0) is 50.1 Å². The SMILES string of the molecule is CCOC(=O)c1ccc(NC(=O)[C@@H]2CCCN(S(=O)(=O)Cc3c(Cl)cccc3Cl)C2)cc1Cl. The van der Waals surface area contributed by atoms with E-state index in [1.807, 2.05) is 0 Å². The molecule has 0 aliphatic carbocycles. The van der Waals surface area contributed by atoms with Crippen LogP contribution in [-0.4, -0.2) is 44.3 Å². The molecule has 33 heavy (non-hydrogen) atoms. The van der Waals surface area contributed by atoms with Crippen LogP contribution >= 0.6 is 34.8 Å². The lowest BCUT2D eigenvalue weighted by molar-refractivity contribution is -0.120. The minimum Gasteiger partial charge on any atom is -0.462 e. The summed E-state index contributed by atoms with van der Waals surface area (Å²) in [6.07, 6.45) is 1.08. The van der Waals surface area contributed by atoms with Gasteiger partial charge in [0.05, 0.1) is 28.9 Å². The van der Waals surface area contributed by atoms with Crippen LogP contribution in [0.3, 0.4) is 0 Å². The molecular formula is C22H23Cl3N2O5S. The van der Waals surface area contributed by atoms with Crippen LogP contribution in [0.5, 0.6) is 0 Å². The maximum atomic E-state index is 13.0. The van der Waals surface area contributed by atoms with Crippen molar-refractivity contribution < 1.29 is 22.7 Å². The van der Waals surface area contributed by atoms with E-state index in [0.29, 0.717) is 30.6 Å². The largest absolute Gasteiger partial charge is 0.462 e. The Morgan fingerprint density at radius 2 is 1.82 bits per heavy atom. The summed E-state index contributed by atoms with van der Waals surface area (Å²) >= 11 is 18.4. The molecule has 1 amide bonds. The van der Waals surface area contributed by atoms with Gasteiger partial charge in [-0.2, -0.15) is 0 Å². The van der Waals surface area contributed by atoms with Crippen molar-refractivity contribution in [3.05, 3.63) is 62.6 Å². The van der Waals surface area contributed by atoms with E-state index in [4.69, 9.17) is 39.5 Å². The van der Waals surface area contributed by atoms with Crippen molar-refractivity contribution in [3.8, 4) is 0 Å². The van der Waals surface area contributed by atoms with E-state index in [2.05, 4.69) is 5.32 Å². The first-order valence-electron chi connectivity index (χ1n) is 10.3. The topological polar surface area (TPSA) is 92.8 Å². The fraction of sp³-hybridized carbons (Fsp3) is 0.364. The number of hydrogen-bond donors (Lipinski definition) is 1. The maximum Gasteiger partial charge on any atom is 0.339 e. The molecule has 0 radical (unpaired) electrons. The third-order valence-electron chi connectivity index (χ3n) is 5.27. The molecule has 0 unspecified atom stereocenters. The molecular weight excluding hydrogens is 511 g/mol. The highest BCUT2D eigenvalue weighted by atomic mass is 35.5. The Labute approximate surface area is 208 Å². The number of halogens is 3. The molecule has 1 saturated heterocycles. The molecule has 1 fully saturated rings. The quantitative estimate of drug-likeness (QED) is 0.505. The summed E-state index contributed by atoms with van der Waals surface area (Å²) < 4.78 is 32.2. The van der Waals surface area contributed by atoms with E-state index in [1.54, 1.807) is 31.2 Å². The minimum absolute atomic E-state index is 0.0465. The van der Waals surface area contributed by atoms with E-state index < -0.39 is 21.9 Å². The average Bonchev–Trinajstić information content (AvgIpc) is 2.77. The highest BCUT2D eigenvalue weighted by Gasteiger charge is 2.33. The van der Waals surface area contributed by atoms with Crippen molar-refractivity contribution in [1.29, 1.82) is 0 Å². The number of ether oxygens (including phenoxy) is 1. The molecule has 1 N–H and O–H groups in total. The Hall–Kier alpha value is -1.84. The minimum atomic E-state index is -3.74. The van der Waals surface area contributed by atoms with Gasteiger partial charge in [-0.3, -0.25) is 4.79 Å². The fourth-order valence-electron chi connectivity index (χ4n) is 3.56. The number of piperidine rings is 1. The number of nitrogens with one attached hydrogen (secondary N) is 1. The van der Waals surface area contributed by atoms with E-state index in [0.717, 1.165) is 0 Å². The van der Waals surface area contributed by atoms with Gasteiger partial charge in [0.2, 0.25) is 15.9 Å². The second-order valence-electron chi connectivity index (χ2n) is 7.56. The molecule has 1 heterocycles. The molecule has 0 spiro atoms. The van der Waals surface area contributed by atoms with Crippen molar-refractivity contribution in [3.63, 3.8) is 0 Å². The number of rotatable bonds is 7. The summed E-state index contributed by atoms with van der Waals surface area (Å²) in [5.41, 5.74) is 0.939. The molecule has 0 bridgehead atoms. The maximum absolute atomic E-state index is 13.0. The zero-order valence-electron chi connectivity index (χ0n) is 17.8. The van der Waals surface area contributed by atoms with Gasteiger partial charge in [-0.25, -0.2) is 17.5 Å². The van der Waals surface area contributed by atoms with Gasteiger partial charge in [0.25, 0.3) is 0 Å². The Morgan fingerprint density at radius 3 is 2.45 bits per heavy atom. The highest BCUT2D eigenvalue weighted by molar-refractivity contribution is 7.88. The van der Waals surface area contributed by atoms with Crippen molar-refractivity contribution in [2.45, 2.75) is 25.5 Å². The Bertz CT molecular complexity index is 1140. The van der Waals surface area contributed by atoms with Crippen molar-refractivity contribution in [2.24, 2.45) is 5.92 Å². The molecule has 1 aliphatic rings. The Morgan fingerprint density at radius 1 is 1.12 bits per heavy atom. The lowest BCUT2D eigenvalue weighted by atomic mass is 9.98. The number of benzene rings is 2. The fourth-order valence-corrected chi connectivity index (χ4v) is 6.18. The summed E-state index contributed by atoms with van der Waals surface area (Å²) in [4.78, 5) is 24.7. The van der Waals surface area contributed by atoms with Crippen LogP contribution in [0.2, 0.25) is 15.1 Å². The predicted molar refractivity (Wildman–Crippen MR) is 129 cm³/mol. The van der Waals surface area contributed by atoms with Gasteiger partial charge in [0.1, 0.15) is 0 Å². The molecule has 7 nitrogen and oxygen atoms in total. The Balaban J connectivity index is 1.68. The lowest BCUT2D eigenvalue weighted by Crippen LogP contribution is -2.44. The van der Waals surface area contributed by atoms with Gasteiger partial charge in [0, 0.05) is 34.4 Å². The van der Waals surface area contributed by atoms with Crippen LogP contribution in [0.4, 0.5) is 5.69 Å². The third-order valence-corrected chi connectivity index (χ3v) is 8.06. The molecule has 11 heteroatoms. The van der Waals surface area contributed by atoms with Gasteiger partial charge in [-0.15, -0.1) is 0 Å². The highest BCUT2D eigenvalue weighted by Crippen LogP contribution is 2.29. The standard InChI is InChI=1S/C22H23Cl3N2O5S/c1-2-32-22(29)16-9-8-15(11-20(16)25)26-21(28)14-5-4-10-27(12-14)33(30,31)13-17-18(23)6-3-7-19(17)24/h3,6-9,11,14H,2,4-5,10,12-13H2,1H3,(H,26,28)/t14-/m1/s1. The van der Waals surface area contributed by atoms with Crippen LogP contribution in [0, 0.1) is 5.92 Å². The van der Waals surface area contributed by atoms with Gasteiger partial charge >= 0.3 is 5.97 Å². The summed E-state index contributed by atoms with van der Waals surface area (Å²) in [5.74, 6) is -1.76. The molecule has 2 aromatic rings. The number of carbonyl (C=O) groups excluding carboxylic acids is 2. The number of hydrogen-bond acceptors (Lipinski definition) is 5. The zero-order chi connectivity index (χ0) is 24.2. The van der Waals surface area contributed by atoms with Crippen LogP contribution in [0.25, 0.3) is 0 Å². The van der Waals surface area contributed by atoms with Crippen LogP contribution in [0.15, 0.2) is 36.4 Å². The van der Waals surface area contributed by atoms with E-state index in [9.17, 15) is 18.0 Å². The second kappa shape index (κ2) is 11.1. The lowest BCUT2D eigenvalue weighted by Gasteiger charge is -2.31. The molecule has 3 rings (SSSR count). The van der Waals surface area contributed by atoms with Gasteiger partial charge in [0.15, 0.2) is 0 Å². The first-order valence-corrected chi connectivity index (χ1v) is 13.0. The van der Waals surface area contributed by atoms with Crippen molar-refractivity contribution in [2.75, 3.05) is 25.0 Å². The van der Waals surface area contributed by atoms with Crippen LogP contribution in [0.1, 0.15) is 35.7 Å². The normalized spacial score (nSPS) is 16.9. The monoisotopic (exact) mass is 532 g/mol. The second-order valence-corrected chi connectivity index (χ2v) is 10.7. The predicted octanol–water partition coefficient (Wildman–Crippen LogP) is 5.00. The molecule has 178 valence electrons. The third kappa shape index (κ3) is 6.39. The molecule has 0 aromatic heterocycles.